The van der Waals surface area contributed by atoms with Gasteiger partial charge in [-0.25, -0.2) is 0 Å². The highest BCUT2D eigenvalue weighted by Gasteiger charge is 2.37. The molecule has 5 atom stereocenters. The van der Waals surface area contributed by atoms with Gasteiger partial charge in [0.05, 0.1) is 0 Å². The molecule has 13 heteroatoms. The summed E-state index contributed by atoms with van der Waals surface area (Å²) < 4.78 is 0. The second-order valence-corrected chi connectivity index (χ2v) is 11.8. The van der Waals surface area contributed by atoms with Crippen LogP contribution in [0, 0.1) is 0 Å². The van der Waals surface area contributed by atoms with Crippen molar-refractivity contribution in [3.8, 4) is 0 Å². The summed E-state index contributed by atoms with van der Waals surface area (Å²) in [6.07, 6.45) is 2.53. The Morgan fingerprint density at radius 1 is 0.783 bits per heavy atom. The molecule has 3 aromatic rings. The Hall–Kier alpha value is -5.20. The first kappa shape index (κ1) is 32.2. The number of nitrogens with one attached hydrogen (secondary N) is 6. The monoisotopic (exact) mass is 629 g/mol. The minimum Gasteiger partial charge on any atom is -0.361 e. The fraction of sp³-hybridized carbons (Fsp3) is 0.394. The lowest BCUT2D eigenvalue weighted by Gasteiger charge is -2.32. The standard InChI is InChI=1S/C33H39N7O6/c1-19-29(42)38-26(16-21-8-4-3-5-9-21)31(44)34-14-15-40(33(46)25-12-13-28(41)37-25)20(2)30(43)39-27(32(45)36-19)17-22-18-35-24-11-7-6-10-23(22)24/h3-11,18-20,25-27,35H,12-17H2,1-2H3,(H,34,44)(H,36,45)(H,37,41)(H,38,42)(H,39,43)/t19-,20+,25-,26-,27+/m0/s1. The van der Waals surface area contributed by atoms with Gasteiger partial charge in [-0.1, -0.05) is 48.5 Å². The van der Waals surface area contributed by atoms with Gasteiger partial charge in [-0.15, -0.1) is 0 Å². The number of benzene rings is 2. The van der Waals surface area contributed by atoms with Gasteiger partial charge in [-0.2, -0.15) is 0 Å². The SMILES string of the molecule is C[C@@H]1NC(=O)[C@@H](Cc2c[nH]c3ccccc23)NC(=O)[C@@H](C)N(C(=O)[C@@H]2CCC(=O)N2)CCNC(=O)[C@H](Cc2ccccc2)NC1=O. The van der Waals surface area contributed by atoms with Gasteiger partial charge in [0.15, 0.2) is 0 Å². The summed E-state index contributed by atoms with van der Waals surface area (Å²) in [7, 11) is 0. The van der Waals surface area contributed by atoms with Crippen molar-refractivity contribution in [2.45, 2.75) is 69.7 Å². The fourth-order valence-electron chi connectivity index (χ4n) is 5.82. The van der Waals surface area contributed by atoms with Crippen LogP contribution in [-0.4, -0.2) is 88.6 Å². The van der Waals surface area contributed by atoms with Crippen molar-refractivity contribution in [3.05, 3.63) is 71.9 Å². The highest BCUT2D eigenvalue weighted by atomic mass is 16.2. The Kier molecular flexibility index (Phi) is 9.99. The van der Waals surface area contributed by atoms with Crippen LogP contribution in [0.1, 0.15) is 37.8 Å². The normalized spacial score (nSPS) is 25.0. The van der Waals surface area contributed by atoms with Crippen molar-refractivity contribution in [2.75, 3.05) is 13.1 Å². The Balaban J connectivity index is 1.45. The number of fused-ring (bicyclic) bond motifs is 1. The second-order valence-electron chi connectivity index (χ2n) is 11.8. The van der Waals surface area contributed by atoms with Gasteiger partial charge in [-0.3, -0.25) is 28.8 Å². The van der Waals surface area contributed by atoms with Crippen molar-refractivity contribution >= 4 is 46.3 Å². The number of hydrogen-bond donors (Lipinski definition) is 6. The van der Waals surface area contributed by atoms with Crippen LogP contribution in [0.5, 0.6) is 0 Å². The predicted octanol–water partition coefficient (Wildman–Crippen LogP) is 0.0529. The summed E-state index contributed by atoms with van der Waals surface area (Å²) in [5.74, 6) is -2.98. The second kappa shape index (κ2) is 14.3. The van der Waals surface area contributed by atoms with Crippen LogP contribution < -0.4 is 26.6 Å². The van der Waals surface area contributed by atoms with Gasteiger partial charge < -0.3 is 36.5 Å². The molecule has 242 valence electrons. The molecule has 2 saturated heterocycles. The molecular formula is C33H39N7O6. The van der Waals surface area contributed by atoms with Crippen molar-refractivity contribution in [3.63, 3.8) is 0 Å². The molecule has 5 rings (SSSR count). The number of nitrogens with zero attached hydrogens (tertiary/aromatic N) is 1. The molecule has 2 aromatic carbocycles. The van der Waals surface area contributed by atoms with Crippen LogP contribution in [0.2, 0.25) is 0 Å². The zero-order chi connectivity index (χ0) is 32.8. The molecule has 0 radical (unpaired) electrons. The third-order valence-electron chi connectivity index (χ3n) is 8.47. The molecule has 0 bridgehead atoms. The largest absolute Gasteiger partial charge is 0.361 e. The van der Waals surface area contributed by atoms with Gasteiger partial charge in [0.25, 0.3) is 0 Å². The average Bonchev–Trinajstić information content (AvgIpc) is 3.67. The van der Waals surface area contributed by atoms with Gasteiger partial charge in [0.1, 0.15) is 30.2 Å². The predicted molar refractivity (Wildman–Crippen MR) is 169 cm³/mol. The molecular weight excluding hydrogens is 590 g/mol. The fourth-order valence-corrected chi connectivity index (χ4v) is 5.82. The van der Waals surface area contributed by atoms with Gasteiger partial charge in [-0.05, 0) is 37.5 Å². The molecule has 0 aliphatic carbocycles. The maximum atomic E-state index is 13.7. The topological polar surface area (TPSA) is 182 Å². The van der Waals surface area contributed by atoms with E-state index in [0.29, 0.717) is 0 Å². The van der Waals surface area contributed by atoms with Gasteiger partial charge in [0.2, 0.25) is 35.4 Å². The summed E-state index contributed by atoms with van der Waals surface area (Å²) >= 11 is 0. The molecule has 2 aliphatic heterocycles. The number of aromatic nitrogens is 1. The highest BCUT2D eigenvalue weighted by molar-refractivity contribution is 5.97. The van der Waals surface area contributed by atoms with Gasteiger partial charge >= 0.3 is 0 Å². The summed E-state index contributed by atoms with van der Waals surface area (Å²) in [4.78, 5) is 84.0. The molecule has 0 unspecified atom stereocenters. The van der Waals surface area contributed by atoms with E-state index in [1.807, 2.05) is 54.6 Å². The number of aromatic amines is 1. The Labute approximate surface area is 266 Å². The third-order valence-corrected chi connectivity index (χ3v) is 8.47. The number of rotatable bonds is 5. The van der Waals surface area contributed by atoms with Crippen molar-refractivity contribution < 1.29 is 28.8 Å². The van der Waals surface area contributed by atoms with E-state index in [0.717, 1.165) is 22.0 Å². The van der Waals surface area contributed by atoms with E-state index in [2.05, 4.69) is 31.6 Å². The lowest BCUT2D eigenvalue weighted by Crippen LogP contribution is -2.58. The van der Waals surface area contributed by atoms with E-state index >= 15 is 0 Å². The van der Waals surface area contributed by atoms with Crippen LogP contribution in [0.15, 0.2) is 60.8 Å². The van der Waals surface area contributed by atoms with E-state index in [-0.39, 0.29) is 44.7 Å². The molecule has 2 fully saturated rings. The average molecular weight is 630 g/mol. The third kappa shape index (κ3) is 7.53. The van der Waals surface area contributed by atoms with E-state index in [9.17, 15) is 28.8 Å². The first-order valence-electron chi connectivity index (χ1n) is 15.5. The molecule has 6 amide bonds. The van der Waals surface area contributed by atoms with Crippen LogP contribution in [0.3, 0.4) is 0 Å². The van der Waals surface area contributed by atoms with E-state index in [4.69, 9.17) is 0 Å². The van der Waals surface area contributed by atoms with E-state index in [1.165, 1.54) is 18.7 Å². The zero-order valence-electron chi connectivity index (χ0n) is 25.8. The Bertz CT molecular complexity index is 1620. The van der Waals surface area contributed by atoms with Crippen molar-refractivity contribution in [2.24, 2.45) is 0 Å². The lowest BCUT2D eigenvalue weighted by atomic mass is 10.0. The molecule has 1 aromatic heterocycles. The summed E-state index contributed by atoms with van der Waals surface area (Å²) in [5, 5.41) is 14.6. The molecule has 0 saturated carbocycles. The number of para-hydroxylation sites is 1. The number of H-pyrrole nitrogens is 1. The van der Waals surface area contributed by atoms with Crippen molar-refractivity contribution in [1.82, 2.24) is 36.5 Å². The molecule has 3 heterocycles. The van der Waals surface area contributed by atoms with Gasteiger partial charge in [0, 0.05) is 49.5 Å². The quantitative estimate of drug-likeness (QED) is 0.232. The molecule has 0 spiro atoms. The maximum Gasteiger partial charge on any atom is 0.245 e. The van der Waals surface area contributed by atoms with Crippen molar-refractivity contribution in [1.29, 1.82) is 0 Å². The minimum atomic E-state index is -1.10. The first-order valence-corrected chi connectivity index (χ1v) is 15.5. The maximum absolute atomic E-state index is 13.7. The summed E-state index contributed by atoms with van der Waals surface area (Å²) in [5.41, 5.74) is 2.45. The van der Waals surface area contributed by atoms with Crippen LogP contribution >= 0.6 is 0 Å². The summed E-state index contributed by atoms with van der Waals surface area (Å²) in [6.45, 7) is 2.98. The highest BCUT2D eigenvalue weighted by Crippen LogP contribution is 2.20. The Morgan fingerprint density at radius 3 is 2.22 bits per heavy atom. The Morgan fingerprint density at radius 2 is 1.48 bits per heavy atom. The molecule has 6 N–H and O–H groups in total. The summed E-state index contributed by atoms with van der Waals surface area (Å²) in [6, 6.07) is 11.8. The molecule has 2 aliphatic rings. The lowest BCUT2D eigenvalue weighted by molar-refractivity contribution is -0.142. The number of carbonyl (C=O) groups excluding carboxylic acids is 6. The first-order chi connectivity index (χ1) is 22.1. The smallest absolute Gasteiger partial charge is 0.245 e. The van der Waals surface area contributed by atoms with E-state index in [1.54, 1.807) is 6.20 Å². The minimum absolute atomic E-state index is 0.0183. The van der Waals surface area contributed by atoms with Crippen LogP contribution in [0.25, 0.3) is 10.9 Å². The zero-order valence-corrected chi connectivity index (χ0v) is 25.8. The van der Waals surface area contributed by atoms with Crippen LogP contribution in [0.4, 0.5) is 0 Å². The number of hydrogen-bond acceptors (Lipinski definition) is 6. The van der Waals surface area contributed by atoms with Crippen LogP contribution in [-0.2, 0) is 41.6 Å². The molecule has 46 heavy (non-hydrogen) atoms. The number of carbonyl (C=O) groups is 6. The molecule has 13 nitrogen and oxygen atoms in total. The van der Waals surface area contributed by atoms with E-state index < -0.39 is 59.7 Å². The number of amides is 6.